The topological polar surface area (TPSA) is 72.2 Å². The monoisotopic (exact) mass is 395 g/mol. The lowest BCUT2D eigenvalue weighted by molar-refractivity contribution is 0.0950. The van der Waals surface area contributed by atoms with Crippen molar-refractivity contribution in [2.24, 2.45) is 5.10 Å². The van der Waals surface area contributed by atoms with E-state index in [4.69, 9.17) is 5.10 Å². The van der Waals surface area contributed by atoms with Crippen molar-refractivity contribution in [2.45, 2.75) is 13.5 Å². The van der Waals surface area contributed by atoms with Gasteiger partial charge in [0.05, 0.1) is 12.8 Å². The number of nitrogens with zero attached hydrogens (tertiary/aromatic N) is 4. The van der Waals surface area contributed by atoms with Gasteiger partial charge in [-0.05, 0) is 30.7 Å². The summed E-state index contributed by atoms with van der Waals surface area (Å²) in [5.41, 5.74) is 7.77. The van der Waals surface area contributed by atoms with Gasteiger partial charge < -0.3 is 0 Å². The van der Waals surface area contributed by atoms with E-state index >= 15 is 0 Å². The fraction of sp³-hybridized carbons (Fsp3) is 0.0833. The number of nitrogens with one attached hydrogen (secondary N) is 1. The second-order valence-electron chi connectivity index (χ2n) is 6.90. The van der Waals surface area contributed by atoms with Crippen molar-refractivity contribution < 1.29 is 4.79 Å². The molecule has 4 aromatic rings. The van der Waals surface area contributed by atoms with Gasteiger partial charge in [-0.1, -0.05) is 60.2 Å². The van der Waals surface area contributed by atoms with Gasteiger partial charge in [-0.15, -0.1) is 0 Å². The molecule has 2 aromatic carbocycles. The second-order valence-corrected chi connectivity index (χ2v) is 6.90. The number of rotatable bonds is 6. The van der Waals surface area contributed by atoms with Gasteiger partial charge in [-0.25, -0.2) is 5.43 Å². The quantitative estimate of drug-likeness (QED) is 0.395. The van der Waals surface area contributed by atoms with E-state index in [1.807, 2.05) is 54.2 Å². The van der Waals surface area contributed by atoms with Crippen LogP contribution in [0.1, 0.15) is 27.2 Å². The van der Waals surface area contributed by atoms with Gasteiger partial charge in [0, 0.05) is 23.5 Å². The molecule has 2 heterocycles. The minimum absolute atomic E-state index is 0.313. The molecule has 2 aromatic heterocycles. The van der Waals surface area contributed by atoms with E-state index < -0.39 is 0 Å². The standard InChI is InChI=1S/C24H21N5O/c1-18-8-7-11-20(14-18)23-21(15-26-27-24(30)22-12-5-6-13-25-22)17-29(28-23)16-19-9-3-2-4-10-19/h2-15,17H,16H2,1H3,(H,27,30)/b26-15-. The number of amides is 1. The molecular weight excluding hydrogens is 374 g/mol. The second kappa shape index (κ2) is 8.96. The minimum atomic E-state index is -0.361. The zero-order valence-electron chi connectivity index (χ0n) is 16.6. The highest BCUT2D eigenvalue weighted by Crippen LogP contribution is 2.22. The molecule has 0 bridgehead atoms. The summed E-state index contributed by atoms with van der Waals surface area (Å²) in [5, 5.41) is 8.90. The van der Waals surface area contributed by atoms with E-state index in [1.54, 1.807) is 30.6 Å². The van der Waals surface area contributed by atoms with Crippen LogP contribution < -0.4 is 5.43 Å². The zero-order valence-corrected chi connectivity index (χ0v) is 16.6. The van der Waals surface area contributed by atoms with E-state index in [2.05, 4.69) is 33.7 Å². The van der Waals surface area contributed by atoms with Crippen LogP contribution in [-0.2, 0) is 6.54 Å². The Balaban J connectivity index is 1.60. The van der Waals surface area contributed by atoms with Crippen LogP contribution in [0.15, 0.2) is 90.3 Å². The third-order valence-corrected chi connectivity index (χ3v) is 4.54. The molecule has 1 amide bonds. The predicted molar refractivity (Wildman–Crippen MR) is 117 cm³/mol. The van der Waals surface area contributed by atoms with Crippen LogP contribution in [0.25, 0.3) is 11.3 Å². The van der Waals surface area contributed by atoms with Gasteiger partial charge in [0.15, 0.2) is 0 Å². The highest BCUT2D eigenvalue weighted by atomic mass is 16.2. The maximum atomic E-state index is 12.2. The number of carbonyl (C=O) groups is 1. The number of pyridine rings is 1. The summed E-state index contributed by atoms with van der Waals surface area (Å²) < 4.78 is 1.88. The molecule has 0 unspecified atom stereocenters. The summed E-state index contributed by atoms with van der Waals surface area (Å²) in [5.74, 6) is -0.361. The van der Waals surface area contributed by atoms with Crippen LogP contribution in [-0.4, -0.2) is 26.9 Å². The van der Waals surface area contributed by atoms with Crippen LogP contribution in [0.4, 0.5) is 0 Å². The normalized spacial score (nSPS) is 11.0. The molecule has 30 heavy (non-hydrogen) atoms. The van der Waals surface area contributed by atoms with E-state index in [0.29, 0.717) is 12.2 Å². The molecule has 0 aliphatic heterocycles. The predicted octanol–water partition coefficient (Wildman–Crippen LogP) is 4.07. The number of hydrazone groups is 1. The fourth-order valence-corrected chi connectivity index (χ4v) is 3.11. The number of benzene rings is 2. The van der Waals surface area contributed by atoms with Crippen molar-refractivity contribution >= 4 is 12.1 Å². The van der Waals surface area contributed by atoms with Crippen LogP contribution in [0.2, 0.25) is 0 Å². The lowest BCUT2D eigenvalue weighted by atomic mass is 10.1. The van der Waals surface area contributed by atoms with E-state index in [9.17, 15) is 4.79 Å². The molecule has 0 fully saturated rings. The molecule has 0 saturated carbocycles. The lowest BCUT2D eigenvalue weighted by Gasteiger charge is -2.02. The van der Waals surface area contributed by atoms with E-state index in [1.165, 1.54) is 0 Å². The first kappa shape index (κ1) is 19.3. The summed E-state index contributed by atoms with van der Waals surface area (Å²) >= 11 is 0. The van der Waals surface area contributed by atoms with Crippen molar-refractivity contribution in [1.82, 2.24) is 20.2 Å². The average Bonchev–Trinajstić information content (AvgIpc) is 3.17. The summed E-state index contributed by atoms with van der Waals surface area (Å²) in [4.78, 5) is 16.2. The maximum absolute atomic E-state index is 12.2. The summed E-state index contributed by atoms with van der Waals surface area (Å²) in [6.45, 7) is 2.69. The molecule has 0 saturated heterocycles. The Bertz CT molecular complexity index is 1170. The molecule has 0 aliphatic carbocycles. The smallest absolute Gasteiger partial charge is 0.267 e. The Morgan fingerprint density at radius 2 is 1.90 bits per heavy atom. The zero-order chi connectivity index (χ0) is 20.8. The summed E-state index contributed by atoms with van der Waals surface area (Å²) in [7, 11) is 0. The average molecular weight is 395 g/mol. The third kappa shape index (κ3) is 4.67. The van der Waals surface area contributed by atoms with Crippen LogP contribution in [0.3, 0.4) is 0 Å². The van der Waals surface area contributed by atoms with Crippen molar-refractivity contribution in [3.05, 3.63) is 108 Å². The van der Waals surface area contributed by atoms with Crippen LogP contribution in [0, 0.1) is 6.92 Å². The molecular formula is C24H21N5O. The number of aryl methyl sites for hydroxylation is 1. The Labute approximate surface area is 174 Å². The molecule has 0 radical (unpaired) electrons. The van der Waals surface area contributed by atoms with Crippen molar-refractivity contribution in [3.63, 3.8) is 0 Å². The number of hydrogen-bond donors (Lipinski definition) is 1. The van der Waals surface area contributed by atoms with Crippen molar-refractivity contribution in [3.8, 4) is 11.3 Å². The number of hydrogen-bond acceptors (Lipinski definition) is 4. The van der Waals surface area contributed by atoms with Crippen LogP contribution in [0.5, 0.6) is 0 Å². The Hall–Kier alpha value is -4.06. The number of aromatic nitrogens is 3. The Morgan fingerprint density at radius 3 is 2.67 bits per heavy atom. The molecule has 0 atom stereocenters. The summed E-state index contributed by atoms with van der Waals surface area (Å²) in [6.07, 6.45) is 5.12. The minimum Gasteiger partial charge on any atom is -0.267 e. The first-order valence-electron chi connectivity index (χ1n) is 9.62. The lowest BCUT2D eigenvalue weighted by Crippen LogP contribution is -2.18. The molecule has 148 valence electrons. The fourth-order valence-electron chi connectivity index (χ4n) is 3.11. The molecule has 6 nitrogen and oxygen atoms in total. The van der Waals surface area contributed by atoms with Gasteiger partial charge in [0.2, 0.25) is 0 Å². The van der Waals surface area contributed by atoms with Gasteiger partial charge in [-0.3, -0.25) is 14.5 Å². The van der Waals surface area contributed by atoms with Crippen molar-refractivity contribution in [2.75, 3.05) is 0 Å². The van der Waals surface area contributed by atoms with Crippen molar-refractivity contribution in [1.29, 1.82) is 0 Å². The van der Waals surface area contributed by atoms with E-state index in [0.717, 1.165) is 27.9 Å². The van der Waals surface area contributed by atoms with Crippen LogP contribution >= 0.6 is 0 Å². The molecule has 0 aliphatic rings. The first-order chi connectivity index (χ1) is 14.7. The summed E-state index contributed by atoms with van der Waals surface area (Å²) in [6, 6.07) is 23.5. The largest absolute Gasteiger partial charge is 0.289 e. The van der Waals surface area contributed by atoms with Gasteiger partial charge in [-0.2, -0.15) is 10.2 Å². The Kier molecular flexibility index (Phi) is 5.75. The maximum Gasteiger partial charge on any atom is 0.289 e. The molecule has 4 rings (SSSR count). The molecule has 6 heteroatoms. The third-order valence-electron chi connectivity index (χ3n) is 4.54. The highest BCUT2D eigenvalue weighted by molar-refractivity contribution is 5.94. The van der Waals surface area contributed by atoms with Gasteiger partial charge in [0.25, 0.3) is 5.91 Å². The molecule has 1 N–H and O–H groups in total. The van der Waals surface area contributed by atoms with E-state index in [-0.39, 0.29) is 5.91 Å². The number of carbonyl (C=O) groups excluding carboxylic acids is 1. The van der Waals surface area contributed by atoms with Gasteiger partial charge >= 0.3 is 0 Å². The Morgan fingerprint density at radius 1 is 1.07 bits per heavy atom. The SMILES string of the molecule is Cc1cccc(-c2nn(Cc3ccccc3)cc2/C=N\NC(=O)c2ccccn2)c1. The highest BCUT2D eigenvalue weighted by Gasteiger charge is 2.11. The first-order valence-corrected chi connectivity index (χ1v) is 9.62. The molecule has 0 spiro atoms. The van der Waals surface area contributed by atoms with Gasteiger partial charge in [0.1, 0.15) is 11.4 Å².